The summed E-state index contributed by atoms with van der Waals surface area (Å²) in [5.41, 5.74) is 6.23. The second-order valence-corrected chi connectivity index (χ2v) is 9.45. The topological polar surface area (TPSA) is 37.2 Å². The molecule has 2 aromatic heterocycles. The first-order chi connectivity index (χ1) is 12.4. The average molecular weight is 374 g/mol. The number of nitrogens with zero attached hydrogens (tertiary/aromatic N) is 5. The van der Waals surface area contributed by atoms with Gasteiger partial charge in [0, 0.05) is 36.0 Å². The van der Waals surface area contributed by atoms with Crippen LogP contribution in [-0.4, -0.2) is 51.0 Å². The molecule has 2 aliphatic heterocycles. The number of hydrogen-bond donors (Lipinski definition) is 0. The second-order valence-electron chi connectivity index (χ2n) is 8.51. The standard InChI is InChI=1S/C20H31N5S/c1-14(2)25-16(4)22-19-17(25)10-24(11-18-15(3)21-13-26-18)12-20(19)6-8-23(5)9-7-20/h13-14H,6-12H2,1-5H3. The van der Waals surface area contributed by atoms with Crippen molar-refractivity contribution in [2.24, 2.45) is 0 Å². The largest absolute Gasteiger partial charge is 0.328 e. The molecule has 0 radical (unpaired) electrons. The Labute approximate surface area is 161 Å². The van der Waals surface area contributed by atoms with Gasteiger partial charge in [-0.1, -0.05) is 0 Å². The van der Waals surface area contributed by atoms with Gasteiger partial charge < -0.3 is 9.47 Å². The summed E-state index contributed by atoms with van der Waals surface area (Å²) in [4.78, 5) is 16.1. The normalized spacial score (nSPS) is 20.8. The zero-order valence-corrected chi connectivity index (χ0v) is 17.6. The number of aromatic nitrogens is 3. The van der Waals surface area contributed by atoms with E-state index in [2.05, 4.69) is 54.1 Å². The first-order valence-electron chi connectivity index (χ1n) is 9.78. The van der Waals surface area contributed by atoms with Gasteiger partial charge in [0.15, 0.2) is 0 Å². The highest BCUT2D eigenvalue weighted by Gasteiger charge is 2.45. The van der Waals surface area contributed by atoms with Gasteiger partial charge in [0.25, 0.3) is 0 Å². The summed E-state index contributed by atoms with van der Waals surface area (Å²) in [6.07, 6.45) is 2.42. The molecular weight excluding hydrogens is 342 g/mol. The summed E-state index contributed by atoms with van der Waals surface area (Å²) in [6, 6.07) is 0.458. The molecule has 1 spiro atoms. The van der Waals surface area contributed by atoms with Crippen LogP contribution >= 0.6 is 11.3 Å². The first kappa shape index (κ1) is 18.1. The van der Waals surface area contributed by atoms with Crippen molar-refractivity contribution < 1.29 is 0 Å². The lowest BCUT2D eigenvalue weighted by atomic mass is 9.72. The summed E-state index contributed by atoms with van der Waals surface area (Å²) in [6.45, 7) is 14.3. The van der Waals surface area contributed by atoms with Crippen LogP contribution in [0.4, 0.5) is 0 Å². The van der Waals surface area contributed by atoms with Gasteiger partial charge >= 0.3 is 0 Å². The van der Waals surface area contributed by atoms with E-state index in [0.717, 1.165) is 19.6 Å². The molecule has 4 heterocycles. The van der Waals surface area contributed by atoms with E-state index in [-0.39, 0.29) is 5.41 Å². The highest BCUT2D eigenvalue weighted by atomic mass is 32.1. The molecule has 4 rings (SSSR count). The quantitative estimate of drug-likeness (QED) is 0.825. The number of aryl methyl sites for hydroxylation is 2. The van der Waals surface area contributed by atoms with E-state index >= 15 is 0 Å². The van der Waals surface area contributed by atoms with Crippen molar-refractivity contribution in [1.29, 1.82) is 0 Å². The number of thiazole rings is 1. The molecule has 1 fully saturated rings. The Morgan fingerprint density at radius 1 is 1.23 bits per heavy atom. The third-order valence-electron chi connectivity index (χ3n) is 6.26. The van der Waals surface area contributed by atoms with Crippen LogP contribution in [0.3, 0.4) is 0 Å². The molecule has 0 amide bonds. The van der Waals surface area contributed by atoms with Crippen molar-refractivity contribution in [3.63, 3.8) is 0 Å². The lowest BCUT2D eigenvalue weighted by Crippen LogP contribution is -2.51. The van der Waals surface area contributed by atoms with E-state index in [1.54, 1.807) is 11.3 Å². The van der Waals surface area contributed by atoms with Gasteiger partial charge in [0.05, 0.1) is 22.6 Å². The number of rotatable bonds is 3. The lowest BCUT2D eigenvalue weighted by Gasteiger charge is -2.46. The molecule has 0 unspecified atom stereocenters. The van der Waals surface area contributed by atoms with Crippen molar-refractivity contribution in [3.8, 4) is 0 Å². The minimum absolute atomic E-state index is 0.212. The maximum atomic E-state index is 5.13. The van der Waals surface area contributed by atoms with E-state index in [4.69, 9.17) is 4.98 Å². The molecular formula is C20H31N5S. The van der Waals surface area contributed by atoms with E-state index in [1.165, 1.54) is 53.7 Å². The van der Waals surface area contributed by atoms with Crippen LogP contribution in [-0.2, 0) is 18.5 Å². The fourth-order valence-electron chi connectivity index (χ4n) is 4.86. The van der Waals surface area contributed by atoms with Gasteiger partial charge in [-0.15, -0.1) is 11.3 Å². The van der Waals surface area contributed by atoms with Gasteiger partial charge in [-0.25, -0.2) is 9.97 Å². The predicted molar refractivity (Wildman–Crippen MR) is 107 cm³/mol. The molecule has 0 aliphatic carbocycles. The number of imidazole rings is 1. The molecule has 0 saturated carbocycles. The molecule has 1 saturated heterocycles. The molecule has 142 valence electrons. The molecule has 0 N–H and O–H groups in total. The summed E-state index contributed by atoms with van der Waals surface area (Å²) in [5, 5.41) is 0. The van der Waals surface area contributed by atoms with Gasteiger partial charge in [0.2, 0.25) is 0 Å². The minimum Gasteiger partial charge on any atom is -0.328 e. The van der Waals surface area contributed by atoms with E-state index in [1.807, 2.05) is 5.51 Å². The lowest BCUT2D eigenvalue weighted by molar-refractivity contribution is 0.100. The Morgan fingerprint density at radius 3 is 2.58 bits per heavy atom. The molecule has 0 bridgehead atoms. The van der Waals surface area contributed by atoms with Crippen molar-refractivity contribution in [2.45, 2.75) is 65.1 Å². The monoisotopic (exact) mass is 373 g/mol. The molecule has 2 aromatic rings. The molecule has 26 heavy (non-hydrogen) atoms. The summed E-state index contributed by atoms with van der Waals surface area (Å²) in [5.74, 6) is 1.18. The summed E-state index contributed by atoms with van der Waals surface area (Å²) in [7, 11) is 2.24. The van der Waals surface area contributed by atoms with Crippen LogP contribution in [0.2, 0.25) is 0 Å². The highest BCUT2D eigenvalue weighted by molar-refractivity contribution is 7.09. The SMILES string of the molecule is Cc1ncsc1CN1Cc2c(nc(C)n2C(C)C)C2(CCN(C)CC2)C1. The number of piperidine rings is 1. The Balaban J connectivity index is 1.73. The molecule has 6 heteroatoms. The Morgan fingerprint density at radius 2 is 1.96 bits per heavy atom. The highest BCUT2D eigenvalue weighted by Crippen LogP contribution is 2.42. The average Bonchev–Trinajstić information content (AvgIpc) is 3.14. The molecule has 0 aromatic carbocycles. The van der Waals surface area contributed by atoms with Crippen LogP contribution in [0.15, 0.2) is 5.51 Å². The Bertz CT molecular complexity index is 782. The zero-order chi connectivity index (χ0) is 18.5. The third kappa shape index (κ3) is 3.02. The second kappa shape index (κ2) is 6.73. The Kier molecular flexibility index (Phi) is 4.70. The maximum Gasteiger partial charge on any atom is 0.106 e. The maximum absolute atomic E-state index is 5.13. The van der Waals surface area contributed by atoms with Crippen molar-refractivity contribution in [3.05, 3.63) is 33.3 Å². The first-order valence-corrected chi connectivity index (χ1v) is 10.7. The minimum atomic E-state index is 0.212. The van der Waals surface area contributed by atoms with Gasteiger partial charge in [-0.05, 0) is 60.7 Å². The van der Waals surface area contributed by atoms with Crippen LogP contribution in [0, 0.1) is 13.8 Å². The third-order valence-corrected chi connectivity index (χ3v) is 7.18. The van der Waals surface area contributed by atoms with E-state index < -0.39 is 0 Å². The van der Waals surface area contributed by atoms with E-state index in [9.17, 15) is 0 Å². The van der Waals surface area contributed by atoms with Gasteiger partial charge in [0.1, 0.15) is 5.82 Å². The van der Waals surface area contributed by atoms with Gasteiger partial charge in [-0.3, -0.25) is 4.90 Å². The zero-order valence-electron chi connectivity index (χ0n) is 16.7. The van der Waals surface area contributed by atoms with E-state index in [0.29, 0.717) is 6.04 Å². The number of hydrogen-bond acceptors (Lipinski definition) is 5. The van der Waals surface area contributed by atoms with Crippen LogP contribution in [0.25, 0.3) is 0 Å². The summed E-state index contributed by atoms with van der Waals surface area (Å²) < 4.78 is 2.47. The van der Waals surface area contributed by atoms with Crippen LogP contribution < -0.4 is 0 Å². The predicted octanol–water partition coefficient (Wildman–Crippen LogP) is 3.52. The van der Waals surface area contributed by atoms with Crippen molar-refractivity contribution in [1.82, 2.24) is 24.3 Å². The van der Waals surface area contributed by atoms with Crippen LogP contribution in [0.5, 0.6) is 0 Å². The fourth-order valence-corrected chi connectivity index (χ4v) is 5.67. The Hall–Kier alpha value is -1.24. The van der Waals surface area contributed by atoms with Crippen LogP contribution in [0.1, 0.15) is 60.5 Å². The van der Waals surface area contributed by atoms with Gasteiger partial charge in [-0.2, -0.15) is 0 Å². The van der Waals surface area contributed by atoms with Crippen molar-refractivity contribution in [2.75, 3.05) is 26.7 Å². The fraction of sp³-hybridized carbons (Fsp3) is 0.700. The number of likely N-dealkylation sites (tertiary alicyclic amines) is 1. The van der Waals surface area contributed by atoms with Crippen molar-refractivity contribution >= 4 is 11.3 Å². The number of fused-ring (bicyclic) bond motifs is 2. The summed E-state index contributed by atoms with van der Waals surface area (Å²) >= 11 is 1.79. The molecule has 2 aliphatic rings. The smallest absolute Gasteiger partial charge is 0.106 e. The molecule has 5 nitrogen and oxygen atoms in total. The molecule has 0 atom stereocenters.